The van der Waals surface area contributed by atoms with Crippen LogP contribution >= 0.6 is 0 Å². The number of pyridine rings is 1. The second-order valence-corrected chi connectivity index (χ2v) is 9.77. The molecule has 0 spiro atoms. The number of carbonyl (C=O) groups is 2. The first-order valence-corrected chi connectivity index (χ1v) is 12.8. The molecule has 40 heavy (non-hydrogen) atoms. The van der Waals surface area contributed by atoms with E-state index < -0.39 is 24.0 Å². The fraction of sp³-hybridized carbons (Fsp3) is 0.300. The lowest BCUT2D eigenvalue weighted by molar-refractivity contribution is 0.0356. The molecule has 212 valence electrons. The summed E-state index contributed by atoms with van der Waals surface area (Å²) in [7, 11) is 1.61. The lowest BCUT2D eigenvalue weighted by Crippen LogP contribution is -2.50. The number of nitrogens with one attached hydrogen (secondary N) is 1. The van der Waals surface area contributed by atoms with Crippen LogP contribution in [0.5, 0.6) is 5.88 Å². The Labute approximate surface area is 234 Å². The third-order valence-electron chi connectivity index (χ3n) is 6.61. The zero-order valence-corrected chi connectivity index (χ0v) is 22.4. The highest BCUT2D eigenvalue weighted by Crippen LogP contribution is 2.27. The van der Waals surface area contributed by atoms with Gasteiger partial charge in [0, 0.05) is 45.4 Å². The molecule has 1 aromatic heterocycles. The van der Waals surface area contributed by atoms with Crippen LogP contribution in [0.25, 0.3) is 0 Å². The van der Waals surface area contributed by atoms with Gasteiger partial charge in [-0.3, -0.25) is 4.79 Å². The van der Waals surface area contributed by atoms with E-state index in [2.05, 4.69) is 22.1 Å². The van der Waals surface area contributed by atoms with Gasteiger partial charge in [-0.2, -0.15) is 0 Å². The smallest absolute Gasteiger partial charge is 0.321 e. The Balaban J connectivity index is 0.00000308. The van der Waals surface area contributed by atoms with Crippen LogP contribution in [0, 0.1) is 29.4 Å². The number of rotatable bonds is 5. The molecule has 3 atom stereocenters. The summed E-state index contributed by atoms with van der Waals surface area (Å²) < 4.78 is 32.6. The molecule has 0 radical (unpaired) electrons. The number of anilines is 1. The van der Waals surface area contributed by atoms with Gasteiger partial charge in [0.2, 0.25) is 5.88 Å². The Morgan fingerprint density at radius 2 is 1.80 bits per heavy atom. The zero-order chi connectivity index (χ0) is 28.8. The van der Waals surface area contributed by atoms with Gasteiger partial charge in [0.25, 0.3) is 5.91 Å². The highest BCUT2D eigenvalue weighted by atomic mass is 19.1. The average Bonchev–Trinajstić information content (AvgIpc) is 2.95. The maximum absolute atomic E-state index is 13.6. The average molecular weight is 553 g/mol. The van der Waals surface area contributed by atoms with Crippen LogP contribution in [0.15, 0.2) is 60.8 Å². The molecule has 0 aliphatic carbocycles. The van der Waals surface area contributed by atoms with E-state index in [1.165, 1.54) is 47.5 Å². The van der Waals surface area contributed by atoms with Crippen molar-refractivity contribution >= 4 is 17.6 Å². The van der Waals surface area contributed by atoms with Gasteiger partial charge in [-0.25, -0.2) is 18.6 Å². The minimum Gasteiger partial charge on any atom is -0.472 e. The summed E-state index contributed by atoms with van der Waals surface area (Å²) in [5, 5.41) is 12.6. The molecule has 2 heterocycles. The number of aliphatic hydroxyl groups is 1. The molecule has 8 nitrogen and oxygen atoms in total. The van der Waals surface area contributed by atoms with Gasteiger partial charge in [-0.15, -0.1) is 0 Å². The largest absolute Gasteiger partial charge is 0.472 e. The topological polar surface area (TPSA) is 95.0 Å². The van der Waals surface area contributed by atoms with Crippen LogP contribution in [0.4, 0.5) is 19.3 Å². The molecular weight excluding hydrogens is 518 g/mol. The molecule has 1 aliphatic heterocycles. The van der Waals surface area contributed by atoms with Crippen molar-refractivity contribution in [1.82, 2.24) is 14.8 Å². The van der Waals surface area contributed by atoms with E-state index in [4.69, 9.17) is 4.74 Å². The number of hydrogen-bond acceptors (Lipinski definition) is 5. The maximum Gasteiger partial charge on any atom is 0.321 e. The van der Waals surface area contributed by atoms with Gasteiger partial charge in [-0.1, -0.05) is 18.8 Å². The first-order chi connectivity index (χ1) is 19.1. The van der Waals surface area contributed by atoms with Crippen LogP contribution in [-0.2, 0) is 0 Å². The fourth-order valence-electron chi connectivity index (χ4n) is 4.17. The number of likely N-dealkylation sites (N-methyl/N-ethyl adjacent to an activating group) is 1. The first kappa shape index (κ1) is 28.5. The molecule has 4 rings (SSSR count). The van der Waals surface area contributed by atoms with E-state index in [9.17, 15) is 23.5 Å². The number of urea groups is 1. The third kappa shape index (κ3) is 6.93. The molecule has 0 fully saturated rings. The van der Waals surface area contributed by atoms with Gasteiger partial charge in [-0.05, 0) is 61.5 Å². The summed E-state index contributed by atoms with van der Waals surface area (Å²) in [5.74, 6) is 4.60. The predicted octanol–water partition coefficient (Wildman–Crippen LogP) is 4.64. The van der Waals surface area contributed by atoms with Crippen LogP contribution in [-0.4, -0.2) is 70.7 Å². The Bertz CT molecular complexity index is 1430. The van der Waals surface area contributed by atoms with Crippen LogP contribution < -0.4 is 10.1 Å². The lowest BCUT2D eigenvalue weighted by atomic mass is 10.00. The summed E-state index contributed by atoms with van der Waals surface area (Å²) in [6, 6.07) is 11.9. The normalized spacial score (nSPS) is 17.4. The number of benzene rings is 2. The highest BCUT2D eigenvalue weighted by Gasteiger charge is 2.34. The summed E-state index contributed by atoms with van der Waals surface area (Å²) in [6.45, 7) is 3.83. The van der Waals surface area contributed by atoms with Crippen molar-refractivity contribution in [2.75, 3.05) is 32.1 Å². The zero-order valence-electron chi connectivity index (χ0n) is 22.4. The Morgan fingerprint density at radius 3 is 2.45 bits per heavy atom. The quantitative estimate of drug-likeness (QED) is 0.450. The molecule has 0 unspecified atom stereocenters. The van der Waals surface area contributed by atoms with Gasteiger partial charge >= 0.3 is 6.03 Å². The monoisotopic (exact) mass is 552 g/mol. The molecule has 3 amide bonds. The van der Waals surface area contributed by atoms with Crippen molar-refractivity contribution in [3.05, 3.63) is 89.1 Å². The molecule has 2 N–H and O–H groups in total. The summed E-state index contributed by atoms with van der Waals surface area (Å²) in [5.41, 5.74) is 1.68. The van der Waals surface area contributed by atoms with Crippen LogP contribution in [0.1, 0.15) is 38.2 Å². The van der Waals surface area contributed by atoms with Crippen molar-refractivity contribution in [3.63, 3.8) is 0 Å². The van der Waals surface area contributed by atoms with E-state index in [-0.39, 0.29) is 51.6 Å². The molecule has 0 saturated heterocycles. The minimum absolute atomic E-state index is 0. The number of aromatic nitrogens is 1. The molecule has 1 aliphatic rings. The van der Waals surface area contributed by atoms with Crippen molar-refractivity contribution in [3.8, 4) is 17.7 Å². The van der Waals surface area contributed by atoms with Crippen molar-refractivity contribution in [1.29, 1.82) is 0 Å². The van der Waals surface area contributed by atoms with Gasteiger partial charge < -0.3 is 25.0 Å². The molecule has 0 saturated carbocycles. The van der Waals surface area contributed by atoms with Crippen molar-refractivity contribution in [2.45, 2.75) is 26.0 Å². The number of halogens is 2. The molecule has 0 bridgehead atoms. The van der Waals surface area contributed by atoms with E-state index in [1.807, 2.05) is 6.92 Å². The first-order valence-electron chi connectivity index (χ1n) is 12.8. The van der Waals surface area contributed by atoms with Crippen molar-refractivity contribution in [2.24, 2.45) is 5.92 Å². The SMILES string of the molecule is C[C@H](CO)N1C[C@H](C)[C@@H](CN(C)C(=O)Nc2ccc(F)cc2)Oc2ncc(C#Cc3ccc(F)cc3)cc2C1=O.[HH].[HH]. The molecular formula is C30H34F2N4O4. The van der Waals surface area contributed by atoms with Crippen LogP contribution in [0.3, 0.4) is 0 Å². The van der Waals surface area contributed by atoms with Crippen LogP contribution in [0.2, 0.25) is 0 Å². The standard InChI is InChI=1S/C30H30F2N4O4.2H2/c1-19-16-36(20(2)18-37)29(38)26-14-22(5-4-21-6-8-23(31)9-7-21)15-33-28(26)40-27(19)17-35(3)30(39)34-25-12-10-24(32)11-13-25;;/h6-15,19-20,27,37H,16-18H2,1-3H3,(H,34,39);2*1H/t19-,20+,27+;;/m0../s1. The maximum atomic E-state index is 13.6. The van der Waals surface area contributed by atoms with Crippen molar-refractivity contribution < 1.29 is 31.1 Å². The second kappa shape index (κ2) is 12.6. The number of amides is 3. The predicted molar refractivity (Wildman–Crippen MR) is 150 cm³/mol. The van der Waals surface area contributed by atoms with Gasteiger partial charge in [0.15, 0.2) is 0 Å². The lowest BCUT2D eigenvalue weighted by Gasteiger charge is -2.37. The van der Waals surface area contributed by atoms with E-state index in [0.717, 1.165) is 0 Å². The fourth-order valence-corrected chi connectivity index (χ4v) is 4.17. The highest BCUT2D eigenvalue weighted by molar-refractivity contribution is 5.97. The summed E-state index contributed by atoms with van der Waals surface area (Å²) >= 11 is 0. The Kier molecular flexibility index (Phi) is 8.97. The molecule has 2 aromatic carbocycles. The number of hydrogen-bond donors (Lipinski definition) is 2. The Morgan fingerprint density at radius 1 is 1.18 bits per heavy atom. The molecule has 3 aromatic rings. The number of nitrogens with zero attached hydrogens (tertiary/aromatic N) is 3. The summed E-state index contributed by atoms with van der Waals surface area (Å²) in [6.07, 6.45) is 0.935. The van der Waals surface area contributed by atoms with Gasteiger partial charge in [0.1, 0.15) is 23.3 Å². The number of fused-ring (bicyclic) bond motifs is 1. The summed E-state index contributed by atoms with van der Waals surface area (Å²) in [4.78, 5) is 33.8. The second-order valence-electron chi connectivity index (χ2n) is 9.77. The number of aliphatic hydroxyl groups excluding tert-OH is 1. The number of ether oxygens (including phenoxy) is 1. The minimum atomic E-state index is -0.548. The van der Waals surface area contributed by atoms with E-state index >= 15 is 0 Å². The van der Waals surface area contributed by atoms with E-state index in [1.54, 1.807) is 37.1 Å². The van der Waals surface area contributed by atoms with E-state index in [0.29, 0.717) is 16.8 Å². The Hall–Kier alpha value is -4.49. The molecule has 10 heteroatoms. The number of carbonyl (C=O) groups excluding carboxylic acids is 2. The third-order valence-corrected chi connectivity index (χ3v) is 6.61. The van der Waals surface area contributed by atoms with Gasteiger partial charge in [0.05, 0.1) is 19.2 Å².